The number of nitrogens with zero attached hydrogens (tertiary/aromatic N) is 3. The highest BCUT2D eigenvalue weighted by Gasteiger charge is 2.18. The van der Waals surface area contributed by atoms with E-state index in [1.807, 2.05) is 0 Å². The highest BCUT2D eigenvalue weighted by molar-refractivity contribution is 6.01. The summed E-state index contributed by atoms with van der Waals surface area (Å²) >= 11 is 0. The molecule has 30 heavy (non-hydrogen) atoms. The number of aromatic nitrogens is 4. The molecule has 2 aromatic heterocycles. The van der Waals surface area contributed by atoms with Gasteiger partial charge < -0.3 is 10.6 Å². The third kappa shape index (κ3) is 3.13. The summed E-state index contributed by atoms with van der Waals surface area (Å²) in [7, 11) is 0. The van der Waals surface area contributed by atoms with Crippen LogP contribution in [0.2, 0.25) is 0 Å². The van der Waals surface area contributed by atoms with E-state index in [-0.39, 0.29) is 23.0 Å². The number of aromatic amines is 1. The summed E-state index contributed by atoms with van der Waals surface area (Å²) in [5, 5.41) is 17.5. The third-order valence-corrected chi connectivity index (χ3v) is 5.43. The van der Waals surface area contributed by atoms with Gasteiger partial charge in [0, 0.05) is 17.0 Å². The molecule has 5 rings (SSSR count). The number of carbonyl (C=O) groups is 1. The van der Waals surface area contributed by atoms with Gasteiger partial charge in [0.25, 0.3) is 11.5 Å². The smallest absolute Gasteiger partial charge is 0.299 e. The van der Waals surface area contributed by atoms with Crippen LogP contribution in [0.5, 0.6) is 0 Å². The van der Waals surface area contributed by atoms with Gasteiger partial charge >= 0.3 is 0 Å². The molecule has 1 aliphatic rings. The first-order valence-electron chi connectivity index (χ1n) is 9.79. The fourth-order valence-electron chi connectivity index (χ4n) is 3.81. The third-order valence-electron chi connectivity index (χ3n) is 5.43. The first-order chi connectivity index (χ1) is 14.6. The molecule has 9 heteroatoms. The number of halogens is 1. The standard InChI is InChI=1S/C21H19FN6O2/c22-16-3-1-2-15-17(16)25-26-19-18(15)27-28(21(19)30)14-6-4-12(5-7-14)20(29)24-13-8-10-23-11-9-13/h1-7,13,23,27H,8-11H2,(H,24,29). The van der Waals surface area contributed by atoms with Gasteiger partial charge in [-0.05, 0) is 56.3 Å². The second kappa shape index (κ2) is 7.34. The molecule has 1 amide bonds. The van der Waals surface area contributed by atoms with Gasteiger partial charge in [0.15, 0.2) is 11.3 Å². The number of piperidine rings is 1. The summed E-state index contributed by atoms with van der Waals surface area (Å²) in [6.45, 7) is 1.79. The van der Waals surface area contributed by atoms with E-state index in [1.54, 1.807) is 36.4 Å². The van der Waals surface area contributed by atoms with Gasteiger partial charge in [0.1, 0.15) is 5.52 Å². The van der Waals surface area contributed by atoms with Gasteiger partial charge in [-0.25, -0.2) is 9.07 Å². The Morgan fingerprint density at radius 2 is 1.80 bits per heavy atom. The summed E-state index contributed by atoms with van der Waals surface area (Å²) in [5.41, 5.74) is 1.31. The Balaban J connectivity index is 1.47. The van der Waals surface area contributed by atoms with E-state index < -0.39 is 11.4 Å². The Hall–Kier alpha value is -3.59. The lowest BCUT2D eigenvalue weighted by molar-refractivity contribution is 0.0929. The zero-order valence-corrected chi connectivity index (χ0v) is 16.0. The van der Waals surface area contributed by atoms with Crippen LogP contribution in [0.25, 0.3) is 27.6 Å². The molecule has 4 aromatic rings. The molecular formula is C21H19FN6O2. The molecule has 0 saturated carbocycles. The van der Waals surface area contributed by atoms with E-state index in [0.29, 0.717) is 22.2 Å². The number of amides is 1. The van der Waals surface area contributed by atoms with Crippen LogP contribution in [0.3, 0.4) is 0 Å². The molecule has 0 unspecified atom stereocenters. The molecule has 0 spiro atoms. The minimum absolute atomic E-state index is 0.100. The van der Waals surface area contributed by atoms with E-state index in [0.717, 1.165) is 25.9 Å². The Morgan fingerprint density at radius 1 is 1.07 bits per heavy atom. The van der Waals surface area contributed by atoms with Crippen LogP contribution in [-0.2, 0) is 0 Å². The number of nitrogens with one attached hydrogen (secondary N) is 3. The first kappa shape index (κ1) is 18.4. The molecule has 0 bridgehead atoms. The van der Waals surface area contributed by atoms with Crippen molar-refractivity contribution in [2.45, 2.75) is 18.9 Å². The van der Waals surface area contributed by atoms with Crippen LogP contribution >= 0.6 is 0 Å². The van der Waals surface area contributed by atoms with Crippen molar-refractivity contribution >= 4 is 27.8 Å². The van der Waals surface area contributed by atoms with E-state index in [1.165, 1.54) is 10.7 Å². The topological polar surface area (TPSA) is 105 Å². The van der Waals surface area contributed by atoms with Crippen molar-refractivity contribution < 1.29 is 9.18 Å². The number of hydrogen-bond donors (Lipinski definition) is 3. The van der Waals surface area contributed by atoms with Crippen LogP contribution < -0.4 is 16.2 Å². The molecule has 0 aliphatic carbocycles. The number of benzene rings is 2. The van der Waals surface area contributed by atoms with Crippen LogP contribution in [0.1, 0.15) is 23.2 Å². The Bertz CT molecular complexity index is 1310. The average molecular weight is 406 g/mol. The maximum Gasteiger partial charge on any atom is 0.299 e. The zero-order chi connectivity index (χ0) is 20.7. The van der Waals surface area contributed by atoms with Gasteiger partial charge in [-0.2, -0.15) is 0 Å². The molecule has 1 saturated heterocycles. The first-order valence-corrected chi connectivity index (χ1v) is 9.79. The number of rotatable bonds is 3. The molecule has 3 N–H and O–H groups in total. The van der Waals surface area contributed by atoms with Crippen molar-refractivity contribution in [3.8, 4) is 5.69 Å². The van der Waals surface area contributed by atoms with Crippen LogP contribution in [-0.4, -0.2) is 45.0 Å². The molecular weight excluding hydrogens is 387 g/mol. The normalized spacial score (nSPS) is 15.0. The average Bonchev–Trinajstić information content (AvgIpc) is 3.12. The minimum Gasteiger partial charge on any atom is -0.349 e. The summed E-state index contributed by atoms with van der Waals surface area (Å²) in [6, 6.07) is 11.4. The van der Waals surface area contributed by atoms with Crippen molar-refractivity contribution in [2.24, 2.45) is 0 Å². The number of fused-ring (bicyclic) bond motifs is 3. The molecule has 2 aromatic carbocycles. The molecule has 152 valence electrons. The molecule has 1 fully saturated rings. The lowest BCUT2D eigenvalue weighted by Gasteiger charge is -2.23. The van der Waals surface area contributed by atoms with E-state index in [4.69, 9.17) is 0 Å². The monoisotopic (exact) mass is 406 g/mol. The predicted molar refractivity (Wildman–Crippen MR) is 110 cm³/mol. The lowest BCUT2D eigenvalue weighted by Crippen LogP contribution is -2.42. The van der Waals surface area contributed by atoms with Gasteiger partial charge in [0.05, 0.1) is 11.2 Å². The van der Waals surface area contributed by atoms with E-state index in [9.17, 15) is 14.0 Å². The molecule has 3 heterocycles. The largest absolute Gasteiger partial charge is 0.349 e. The van der Waals surface area contributed by atoms with Crippen molar-refractivity contribution in [3.05, 3.63) is 64.2 Å². The van der Waals surface area contributed by atoms with Gasteiger partial charge in [-0.15, -0.1) is 10.2 Å². The Labute approximate surface area is 170 Å². The quantitative estimate of drug-likeness (QED) is 0.482. The Morgan fingerprint density at radius 3 is 2.57 bits per heavy atom. The van der Waals surface area contributed by atoms with Crippen LogP contribution in [0.4, 0.5) is 4.39 Å². The van der Waals surface area contributed by atoms with E-state index >= 15 is 0 Å². The molecule has 8 nitrogen and oxygen atoms in total. The van der Waals surface area contributed by atoms with Crippen LogP contribution in [0.15, 0.2) is 47.3 Å². The second-order valence-electron chi connectivity index (χ2n) is 7.36. The zero-order valence-electron chi connectivity index (χ0n) is 16.0. The van der Waals surface area contributed by atoms with Crippen molar-refractivity contribution in [1.29, 1.82) is 0 Å². The maximum absolute atomic E-state index is 14.0. The molecule has 0 atom stereocenters. The highest BCUT2D eigenvalue weighted by Crippen LogP contribution is 2.21. The number of carbonyl (C=O) groups excluding carboxylic acids is 1. The maximum atomic E-state index is 14.0. The lowest BCUT2D eigenvalue weighted by atomic mass is 10.1. The molecule has 0 radical (unpaired) electrons. The Kier molecular flexibility index (Phi) is 4.51. The van der Waals surface area contributed by atoms with E-state index in [2.05, 4.69) is 25.9 Å². The summed E-state index contributed by atoms with van der Waals surface area (Å²) in [6.07, 6.45) is 1.81. The SMILES string of the molecule is O=C(NC1CCNCC1)c1ccc(-n2[nH]c3c(nnc4c(F)cccc43)c2=O)cc1. The van der Waals surface area contributed by atoms with Gasteiger partial charge in [-0.3, -0.25) is 14.7 Å². The van der Waals surface area contributed by atoms with Gasteiger partial charge in [-0.1, -0.05) is 12.1 Å². The fourth-order valence-corrected chi connectivity index (χ4v) is 3.81. The van der Waals surface area contributed by atoms with Crippen LogP contribution in [0, 0.1) is 5.82 Å². The van der Waals surface area contributed by atoms with Crippen molar-refractivity contribution in [2.75, 3.05) is 13.1 Å². The fraction of sp³-hybridized carbons (Fsp3) is 0.238. The summed E-state index contributed by atoms with van der Waals surface area (Å²) in [5.74, 6) is -0.635. The highest BCUT2D eigenvalue weighted by atomic mass is 19.1. The van der Waals surface area contributed by atoms with Gasteiger partial charge in [0.2, 0.25) is 0 Å². The predicted octanol–water partition coefficient (Wildman–Crippen LogP) is 1.88. The minimum atomic E-state index is -0.500. The summed E-state index contributed by atoms with van der Waals surface area (Å²) < 4.78 is 15.3. The second-order valence-corrected chi connectivity index (χ2v) is 7.36. The molecule has 1 aliphatic heterocycles. The van der Waals surface area contributed by atoms with Crippen molar-refractivity contribution in [1.82, 2.24) is 30.6 Å². The number of hydrogen-bond acceptors (Lipinski definition) is 5. The van der Waals surface area contributed by atoms with Crippen molar-refractivity contribution in [3.63, 3.8) is 0 Å². The number of H-pyrrole nitrogens is 1. The summed E-state index contributed by atoms with van der Waals surface area (Å²) in [4.78, 5) is 25.3.